The van der Waals surface area contributed by atoms with E-state index >= 15 is 0 Å². The molecule has 1 N–H and O–H groups in total. The van der Waals surface area contributed by atoms with Gasteiger partial charge in [0, 0.05) is 0 Å². The van der Waals surface area contributed by atoms with Crippen molar-refractivity contribution in [2.24, 2.45) is 0 Å². The Morgan fingerprint density at radius 1 is 1.36 bits per heavy atom. The molecule has 11 heavy (non-hydrogen) atoms. The Labute approximate surface area is 68.0 Å². The quantitative estimate of drug-likeness (QED) is 0.655. The van der Waals surface area contributed by atoms with Gasteiger partial charge in [0.1, 0.15) is 6.04 Å². The monoisotopic (exact) mass is 159 g/mol. The molecule has 0 bridgehead atoms. The van der Waals surface area contributed by atoms with Crippen molar-refractivity contribution in [1.82, 2.24) is 4.90 Å². The van der Waals surface area contributed by atoms with Crippen LogP contribution in [0, 0.1) is 0 Å². The van der Waals surface area contributed by atoms with Crippen LogP contribution in [0.5, 0.6) is 0 Å². The maximum atomic E-state index is 10.6. The van der Waals surface area contributed by atoms with E-state index < -0.39 is 5.97 Å². The second kappa shape index (κ2) is 5.13. The Hall–Kier alpha value is -0.570. The SMILES string of the molecule is CC[C@H](C(=O)O)N(CC)CC. The molecule has 3 nitrogen and oxygen atoms in total. The van der Waals surface area contributed by atoms with Crippen molar-refractivity contribution in [2.45, 2.75) is 33.2 Å². The van der Waals surface area contributed by atoms with E-state index in [0.29, 0.717) is 6.42 Å². The maximum Gasteiger partial charge on any atom is 0.320 e. The van der Waals surface area contributed by atoms with Crippen LogP contribution >= 0.6 is 0 Å². The number of hydrogen-bond acceptors (Lipinski definition) is 2. The summed E-state index contributed by atoms with van der Waals surface area (Å²) in [5.41, 5.74) is 0. The number of nitrogens with zero attached hydrogens (tertiary/aromatic N) is 1. The smallest absolute Gasteiger partial charge is 0.320 e. The summed E-state index contributed by atoms with van der Waals surface area (Å²) in [6.07, 6.45) is 0.678. The zero-order valence-corrected chi connectivity index (χ0v) is 7.50. The van der Waals surface area contributed by atoms with Crippen LogP contribution in [0.25, 0.3) is 0 Å². The summed E-state index contributed by atoms with van der Waals surface area (Å²) in [6, 6.07) is -0.301. The first kappa shape index (κ1) is 10.4. The number of aliphatic carboxylic acids is 1. The van der Waals surface area contributed by atoms with Gasteiger partial charge in [0.2, 0.25) is 0 Å². The number of hydrogen-bond donors (Lipinski definition) is 1. The molecule has 0 spiro atoms. The number of carboxylic acid groups (broad SMARTS) is 1. The summed E-state index contributed by atoms with van der Waals surface area (Å²) in [5.74, 6) is -0.712. The van der Waals surface area contributed by atoms with E-state index in [1.165, 1.54) is 0 Å². The molecule has 0 saturated heterocycles. The lowest BCUT2D eigenvalue weighted by atomic mass is 10.2. The first-order valence-electron chi connectivity index (χ1n) is 4.14. The molecule has 0 aliphatic rings. The molecule has 0 aliphatic heterocycles. The normalized spacial score (nSPS) is 13.5. The summed E-state index contributed by atoms with van der Waals surface area (Å²) in [6.45, 7) is 7.48. The van der Waals surface area contributed by atoms with E-state index in [1.54, 1.807) is 0 Å². The van der Waals surface area contributed by atoms with Gasteiger partial charge < -0.3 is 5.11 Å². The molecular formula is C8H17NO2. The van der Waals surface area contributed by atoms with Crippen molar-refractivity contribution in [2.75, 3.05) is 13.1 Å². The predicted octanol–water partition coefficient (Wildman–Crippen LogP) is 1.19. The highest BCUT2D eigenvalue weighted by molar-refractivity contribution is 5.73. The van der Waals surface area contributed by atoms with E-state index in [2.05, 4.69) is 0 Å². The number of carboxylic acids is 1. The molecule has 66 valence electrons. The van der Waals surface area contributed by atoms with Crippen LogP contribution in [0.3, 0.4) is 0 Å². The number of carbonyl (C=O) groups is 1. The lowest BCUT2D eigenvalue weighted by molar-refractivity contribution is -0.143. The standard InChI is InChI=1S/C8H17NO2/c1-4-7(8(10)11)9(5-2)6-3/h7H,4-6H2,1-3H3,(H,10,11)/t7-/m1/s1. The molecule has 0 rings (SSSR count). The molecule has 0 unspecified atom stereocenters. The summed E-state index contributed by atoms with van der Waals surface area (Å²) in [4.78, 5) is 12.6. The van der Waals surface area contributed by atoms with E-state index in [-0.39, 0.29) is 6.04 Å². The average molecular weight is 159 g/mol. The Balaban J connectivity index is 4.09. The average Bonchev–Trinajstić information content (AvgIpc) is 1.99. The molecule has 1 atom stereocenters. The van der Waals surface area contributed by atoms with Crippen LogP contribution in [0.15, 0.2) is 0 Å². The third kappa shape index (κ3) is 2.89. The zero-order valence-electron chi connectivity index (χ0n) is 7.50. The van der Waals surface area contributed by atoms with E-state index in [0.717, 1.165) is 13.1 Å². The Morgan fingerprint density at radius 3 is 1.91 bits per heavy atom. The molecule has 0 heterocycles. The van der Waals surface area contributed by atoms with Crippen LogP contribution in [0.1, 0.15) is 27.2 Å². The molecule has 0 aromatic rings. The van der Waals surface area contributed by atoms with Gasteiger partial charge in [-0.3, -0.25) is 9.69 Å². The van der Waals surface area contributed by atoms with Crippen molar-refractivity contribution in [3.8, 4) is 0 Å². The van der Waals surface area contributed by atoms with Gasteiger partial charge in [0.05, 0.1) is 0 Å². The van der Waals surface area contributed by atoms with E-state index in [9.17, 15) is 4.79 Å². The fourth-order valence-electron chi connectivity index (χ4n) is 1.25. The van der Waals surface area contributed by atoms with Gasteiger partial charge >= 0.3 is 5.97 Å². The second-order valence-corrected chi connectivity index (χ2v) is 2.48. The predicted molar refractivity (Wildman–Crippen MR) is 44.6 cm³/mol. The van der Waals surface area contributed by atoms with E-state index in [1.807, 2.05) is 25.7 Å². The highest BCUT2D eigenvalue weighted by Gasteiger charge is 2.20. The van der Waals surface area contributed by atoms with Gasteiger partial charge in [-0.15, -0.1) is 0 Å². The third-order valence-corrected chi connectivity index (χ3v) is 1.92. The van der Waals surface area contributed by atoms with Gasteiger partial charge in [-0.05, 0) is 19.5 Å². The molecule has 0 fully saturated rings. The number of rotatable bonds is 5. The molecule has 0 aromatic carbocycles. The minimum atomic E-state index is -0.712. The molecule has 0 aromatic heterocycles. The summed E-state index contributed by atoms with van der Waals surface area (Å²) in [7, 11) is 0. The molecule has 0 saturated carbocycles. The summed E-state index contributed by atoms with van der Waals surface area (Å²) in [5, 5.41) is 8.76. The molecule has 0 amide bonds. The van der Waals surface area contributed by atoms with Crippen LogP contribution < -0.4 is 0 Å². The minimum absolute atomic E-state index is 0.301. The summed E-state index contributed by atoms with van der Waals surface area (Å²) < 4.78 is 0. The van der Waals surface area contributed by atoms with Crippen molar-refractivity contribution < 1.29 is 9.90 Å². The van der Waals surface area contributed by atoms with Crippen molar-refractivity contribution >= 4 is 5.97 Å². The third-order valence-electron chi connectivity index (χ3n) is 1.92. The topological polar surface area (TPSA) is 40.5 Å². The lowest BCUT2D eigenvalue weighted by Crippen LogP contribution is -2.40. The van der Waals surface area contributed by atoms with Crippen LogP contribution in [0.4, 0.5) is 0 Å². The van der Waals surface area contributed by atoms with Gasteiger partial charge in [-0.25, -0.2) is 0 Å². The van der Waals surface area contributed by atoms with Crippen LogP contribution in [0.2, 0.25) is 0 Å². The first-order valence-corrected chi connectivity index (χ1v) is 4.14. The largest absolute Gasteiger partial charge is 0.480 e. The second-order valence-electron chi connectivity index (χ2n) is 2.48. The van der Waals surface area contributed by atoms with Gasteiger partial charge in [-0.2, -0.15) is 0 Å². The van der Waals surface area contributed by atoms with E-state index in [4.69, 9.17) is 5.11 Å². The van der Waals surface area contributed by atoms with Crippen LogP contribution in [-0.4, -0.2) is 35.1 Å². The van der Waals surface area contributed by atoms with Crippen molar-refractivity contribution in [3.63, 3.8) is 0 Å². The molecular weight excluding hydrogens is 142 g/mol. The Bertz CT molecular complexity index is 121. The van der Waals surface area contributed by atoms with Gasteiger partial charge in [0.15, 0.2) is 0 Å². The van der Waals surface area contributed by atoms with Crippen LogP contribution in [-0.2, 0) is 4.79 Å². The lowest BCUT2D eigenvalue weighted by Gasteiger charge is -2.24. The van der Waals surface area contributed by atoms with Crippen molar-refractivity contribution in [3.05, 3.63) is 0 Å². The Kier molecular flexibility index (Phi) is 4.86. The Morgan fingerprint density at radius 2 is 1.82 bits per heavy atom. The zero-order chi connectivity index (χ0) is 8.85. The van der Waals surface area contributed by atoms with Gasteiger partial charge in [0.25, 0.3) is 0 Å². The maximum absolute atomic E-state index is 10.6. The van der Waals surface area contributed by atoms with Crippen molar-refractivity contribution in [1.29, 1.82) is 0 Å². The van der Waals surface area contributed by atoms with Gasteiger partial charge in [-0.1, -0.05) is 20.8 Å². The first-order chi connectivity index (χ1) is 5.17. The molecule has 0 radical (unpaired) electrons. The highest BCUT2D eigenvalue weighted by Crippen LogP contribution is 2.02. The minimum Gasteiger partial charge on any atom is -0.480 e. The summed E-state index contributed by atoms with van der Waals surface area (Å²) >= 11 is 0. The molecule has 0 aliphatic carbocycles. The number of likely N-dealkylation sites (N-methyl/N-ethyl adjacent to an activating group) is 1. The fourth-order valence-corrected chi connectivity index (χ4v) is 1.25. The fraction of sp³-hybridized carbons (Fsp3) is 0.875. The molecule has 3 heteroatoms. The highest BCUT2D eigenvalue weighted by atomic mass is 16.4.